The summed E-state index contributed by atoms with van der Waals surface area (Å²) in [7, 11) is 0. The first-order chi connectivity index (χ1) is 15.4. The van der Waals surface area contributed by atoms with Crippen molar-refractivity contribution in [2.24, 2.45) is 0 Å². The summed E-state index contributed by atoms with van der Waals surface area (Å²) >= 11 is 6.52. The van der Waals surface area contributed by atoms with Crippen molar-refractivity contribution < 1.29 is 14.0 Å². The van der Waals surface area contributed by atoms with E-state index in [1.807, 2.05) is 56.4 Å². The minimum Gasteiger partial charge on any atom is -0.348 e. The third kappa shape index (κ3) is 4.28. The Bertz CT molecular complexity index is 1140. The van der Waals surface area contributed by atoms with Crippen LogP contribution in [0.3, 0.4) is 0 Å². The van der Waals surface area contributed by atoms with Crippen molar-refractivity contribution in [2.75, 3.05) is 13.1 Å². The Labute approximate surface area is 192 Å². The lowest BCUT2D eigenvalue weighted by atomic mass is 9.99. The fraction of sp³-hybridized carbons (Fsp3) is 0.280. The molecule has 4 rings (SSSR count). The standard InChI is InChI=1S/C25H25ClFN3O2/c1-17(2)30(25(32)18-7-5-8-19(27)15-18)16-23(31)29-14-13-28-12-6-11-22(28)24(29)20-9-3-4-10-21(20)26/h3-12,15,17,24H,13-14,16H2,1-2H3/t24-/m1/s1. The first kappa shape index (κ1) is 22.1. The second-order valence-electron chi connectivity index (χ2n) is 8.17. The zero-order chi connectivity index (χ0) is 22.8. The number of rotatable bonds is 5. The lowest BCUT2D eigenvalue weighted by molar-refractivity contribution is -0.135. The van der Waals surface area contributed by atoms with E-state index < -0.39 is 5.82 Å². The lowest BCUT2D eigenvalue weighted by Gasteiger charge is -2.39. The van der Waals surface area contributed by atoms with Gasteiger partial charge < -0.3 is 14.4 Å². The highest BCUT2D eigenvalue weighted by Crippen LogP contribution is 2.36. The topological polar surface area (TPSA) is 45.6 Å². The Morgan fingerprint density at radius 3 is 2.59 bits per heavy atom. The Morgan fingerprint density at radius 1 is 1.09 bits per heavy atom. The van der Waals surface area contributed by atoms with Crippen LogP contribution in [0.4, 0.5) is 4.39 Å². The molecule has 0 saturated carbocycles. The van der Waals surface area contributed by atoms with Crippen molar-refractivity contribution in [2.45, 2.75) is 32.5 Å². The van der Waals surface area contributed by atoms with E-state index in [0.29, 0.717) is 18.1 Å². The number of fused-ring (bicyclic) bond motifs is 1. The van der Waals surface area contributed by atoms with Gasteiger partial charge in [0.25, 0.3) is 5.91 Å². The van der Waals surface area contributed by atoms with Crippen molar-refractivity contribution in [3.63, 3.8) is 0 Å². The summed E-state index contributed by atoms with van der Waals surface area (Å²) in [6.45, 7) is 4.74. The van der Waals surface area contributed by atoms with E-state index in [-0.39, 0.29) is 36.0 Å². The molecule has 0 bridgehead atoms. The first-order valence-corrected chi connectivity index (χ1v) is 11.0. The number of hydrogen-bond donors (Lipinski definition) is 0. The molecule has 0 unspecified atom stereocenters. The summed E-state index contributed by atoms with van der Waals surface area (Å²) in [5, 5.41) is 0.585. The molecule has 0 radical (unpaired) electrons. The second-order valence-corrected chi connectivity index (χ2v) is 8.58. The molecule has 0 saturated heterocycles. The van der Waals surface area contributed by atoms with Crippen molar-refractivity contribution in [1.82, 2.24) is 14.4 Å². The first-order valence-electron chi connectivity index (χ1n) is 10.6. The third-order valence-corrected chi connectivity index (χ3v) is 6.16. The van der Waals surface area contributed by atoms with Gasteiger partial charge in [-0.05, 0) is 55.8 Å². The largest absolute Gasteiger partial charge is 0.348 e. The smallest absolute Gasteiger partial charge is 0.254 e. The van der Waals surface area contributed by atoms with Crippen LogP contribution in [0, 0.1) is 5.82 Å². The molecule has 7 heteroatoms. The molecule has 2 heterocycles. The summed E-state index contributed by atoms with van der Waals surface area (Å²) in [4.78, 5) is 29.9. The molecule has 1 aliphatic rings. The summed E-state index contributed by atoms with van der Waals surface area (Å²) in [6.07, 6.45) is 1.99. The molecule has 0 fully saturated rings. The molecule has 1 aliphatic heterocycles. The van der Waals surface area contributed by atoms with Gasteiger partial charge in [0, 0.05) is 41.6 Å². The summed E-state index contributed by atoms with van der Waals surface area (Å²) in [6, 6.07) is 16.4. The zero-order valence-corrected chi connectivity index (χ0v) is 18.8. The van der Waals surface area contributed by atoms with Crippen molar-refractivity contribution in [1.29, 1.82) is 0 Å². The van der Waals surface area contributed by atoms with Gasteiger partial charge in [-0.2, -0.15) is 0 Å². The van der Waals surface area contributed by atoms with Gasteiger partial charge in [-0.1, -0.05) is 35.9 Å². The fourth-order valence-corrected chi connectivity index (χ4v) is 4.43. The number of carbonyl (C=O) groups excluding carboxylic acids is 2. The highest BCUT2D eigenvalue weighted by Gasteiger charge is 2.35. The van der Waals surface area contributed by atoms with Gasteiger partial charge in [0.1, 0.15) is 12.4 Å². The quantitative estimate of drug-likeness (QED) is 0.559. The minimum absolute atomic E-state index is 0.103. The molecule has 1 aromatic heterocycles. The molecular weight excluding hydrogens is 429 g/mol. The Balaban J connectivity index is 1.64. The second kappa shape index (κ2) is 9.17. The Morgan fingerprint density at radius 2 is 1.88 bits per heavy atom. The predicted molar refractivity (Wildman–Crippen MR) is 122 cm³/mol. The highest BCUT2D eigenvalue weighted by molar-refractivity contribution is 6.31. The van der Waals surface area contributed by atoms with Crippen LogP contribution < -0.4 is 0 Å². The van der Waals surface area contributed by atoms with E-state index in [1.54, 1.807) is 11.0 Å². The Hall–Kier alpha value is -3.12. The van der Waals surface area contributed by atoms with E-state index in [1.165, 1.54) is 23.1 Å². The molecule has 0 aliphatic carbocycles. The van der Waals surface area contributed by atoms with Crippen molar-refractivity contribution in [3.05, 3.63) is 94.5 Å². The monoisotopic (exact) mass is 453 g/mol. The highest BCUT2D eigenvalue weighted by atomic mass is 35.5. The van der Waals surface area contributed by atoms with Crippen LogP contribution in [-0.4, -0.2) is 45.3 Å². The average molecular weight is 454 g/mol. The molecule has 2 amide bonds. The van der Waals surface area contributed by atoms with Gasteiger partial charge in [0.15, 0.2) is 0 Å². The average Bonchev–Trinajstić information content (AvgIpc) is 3.25. The van der Waals surface area contributed by atoms with Gasteiger partial charge in [-0.25, -0.2) is 4.39 Å². The molecule has 0 N–H and O–H groups in total. The number of nitrogens with zero attached hydrogens (tertiary/aromatic N) is 3. The normalized spacial score (nSPS) is 15.5. The van der Waals surface area contributed by atoms with Crippen LogP contribution in [0.1, 0.15) is 41.5 Å². The van der Waals surface area contributed by atoms with Crippen molar-refractivity contribution >= 4 is 23.4 Å². The van der Waals surface area contributed by atoms with Crippen LogP contribution in [-0.2, 0) is 11.3 Å². The molecule has 5 nitrogen and oxygen atoms in total. The van der Waals surface area contributed by atoms with Crippen LogP contribution in [0.25, 0.3) is 0 Å². The zero-order valence-electron chi connectivity index (χ0n) is 18.0. The third-order valence-electron chi connectivity index (χ3n) is 5.82. The van der Waals surface area contributed by atoms with E-state index in [2.05, 4.69) is 4.57 Å². The molecule has 166 valence electrons. The van der Waals surface area contributed by atoms with Crippen molar-refractivity contribution in [3.8, 4) is 0 Å². The molecule has 2 aromatic carbocycles. The molecule has 32 heavy (non-hydrogen) atoms. The van der Waals surface area contributed by atoms with Gasteiger partial charge in [0.2, 0.25) is 5.91 Å². The predicted octanol–water partition coefficient (Wildman–Crippen LogP) is 4.76. The number of hydrogen-bond acceptors (Lipinski definition) is 2. The van der Waals surface area contributed by atoms with Gasteiger partial charge in [0.05, 0.1) is 6.04 Å². The lowest BCUT2D eigenvalue weighted by Crippen LogP contribution is -2.49. The van der Waals surface area contributed by atoms with Crippen LogP contribution in [0.2, 0.25) is 5.02 Å². The number of amides is 2. The fourth-order valence-electron chi connectivity index (χ4n) is 4.19. The summed E-state index contributed by atoms with van der Waals surface area (Å²) in [5.74, 6) is -1.04. The maximum atomic E-state index is 13.7. The molecule has 1 atom stereocenters. The van der Waals surface area contributed by atoms with E-state index in [4.69, 9.17) is 11.6 Å². The maximum absolute atomic E-state index is 13.7. The summed E-state index contributed by atoms with van der Waals surface area (Å²) < 4.78 is 15.8. The van der Waals surface area contributed by atoms with E-state index in [0.717, 1.165) is 11.3 Å². The number of benzene rings is 2. The van der Waals surface area contributed by atoms with E-state index >= 15 is 0 Å². The van der Waals surface area contributed by atoms with E-state index in [9.17, 15) is 14.0 Å². The molecule has 0 spiro atoms. The summed E-state index contributed by atoms with van der Waals surface area (Å²) in [5.41, 5.74) is 2.04. The molecular formula is C25H25ClFN3O2. The van der Waals surface area contributed by atoms with Gasteiger partial charge >= 0.3 is 0 Å². The number of halogens is 2. The SMILES string of the molecule is CC(C)N(CC(=O)N1CCn2cccc2[C@H]1c1ccccc1Cl)C(=O)c1cccc(F)c1. The van der Waals surface area contributed by atoms with Gasteiger partial charge in [-0.15, -0.1) is 0 Å². The minimum atomic E-state index is -0.485. The molecule has 3 aromatic rings. The van der Waals surface area contributed by atoms with Crippen LogP contribution in [0.15, 0.2) is 66.9 Å². The van der Waals surface area contributed by atoms with Crippen LogP contribution in [0.5, 0.6) is 0 Å². The van der Waals surface area contributed by atoms with Crippen LogP contribution >= 0.6 is 11.6 Å². The Kier molecular flexibility index (Phi) is 6.33. The number of aromatic nitrogens is 1. The number of carbonyl (C=O) groups is 2. The van der Waals surface area contributed by atoms with Gasteiger partial charge in [-0.3, -0.25) is 9.59 Å². The maximum Gasteiger partial charge on any atom is 0.254 e.